The van der Waals surface area contributed by atoms with Gasteiger partial charge in [0, 0.05) is 19.0 Å². The maximum atomic E-state index is 11.6. The molecule has 1 heterocycles. The highest BCUT2D eigenvalue weighted by Gasteiger charge is 2.42. The van der Waals surface area contributed by atoms with Crippen LogP contribution in [0.2, 0.25) is 0 Å². The van der Waals surface area contributed by atoms with Gasteiger partial charge in [-0.05, 0) is 34.6 Å². The molecule has 0 aromatic rings. The lowest BCUT2D eigenvalue weighted by molar-refractivity contribution is -0.0154. The molecular weight excluding hydrogens is 204 g/mol. The van der Waals surface area contributed by atoms with Crippen molar-refractivity contribution in [3.63, 3.8) is 0 Å². The summed E-state index contributed by atoms with van der Waals surface area (Å²) in [5.74, 6) is 0.255. The molecule has 0 aliphatic carbocycles. The molecule has 0 unspecified atom stereocenters. The summed E-state index contributed by atoms with van der Waals surface area (Å²) in [5, 5.41) is 8.96. The van der Waals surface area contributed by atoms with E-state index in [0.29, 0.717) is 13.1 Å². The van der Waals surface area contributed by atoms with Crippen LogP contribution in [-0.2, 0) is 4.74 Å². The van der Waals surface area contributed by atoms with Crippen LogP contribution in [0.4, 0.5) is 4.79 Å². The van der Waals surface area contributed by atoms with Gasteiger partial charge in [-0.1, -0.05) is 0 Å². The number of carbonyl (C=O) groups excluding carboxylic acids is 1. The Hall–Kier alpha value is -1.24. The first-order valence-corrected chi connectivity index (χ1v) is 5.55. The predicted octanol–water partition coefficient (Wildman–Crippen LogP) is 2.40. The summed E-state index contributed by atoms with van der Waals surface area (Å²) in [6.07, 6.45) is -0.280. The molecule has 0 atom stereocenters. The highest BCUT2D eigenvalue weighted by atomic mass is 16.6. The molecule has 1 aliphatic heterocycles. The van der Waals surface area contributed by atoms with E-state index in [2.05, 4.69) is 6.07 Å². The lowest BCUT2D eigenvalue weighted by Crippen LogP contribution is -2.55. The van der Waals surface area contributed by atoms with E-state index in [4.69, 9.17) is 10.00 Å². The summed E-state index contributed by atoms with van der Waals surface area (Å²) < 4.78 is 5.24. The molecule has 90 valence electrons. The smallest absolute Gasteiger partial charge is 0.410 e. The summed E-state index contributed by atoms with van der Waals surface area (Å²) in [7, 11) is 0. The van der Waals surface area contributed by atoms with Crippen molar-refractivity contribution in [3.8, 4) is 6.07 Å². The molecule has 4 heteroatoms. The molecule has 0 spiro atoms. The minimum absolute atomic E-state index is 0.255. The fourth-order valence-electron chi connectivity index (χ4n) is 1.50. The van der Waals surface area contributed by atoms with Crippen LogP contribution in [0.1, 0.15) is 34.6 Å². The standard InChI is InChI=1S/C12H20N2O2/c1-11(2,3)16-10(15)14-6-9(7-14)12(4,5)8-13/h9H,6-7H2,1-5H3. The Labute approximate surface area is 97.2 Å². The summed E-state index contributed by atoms with van der Waals surface area (Å²) in [6.45, 7) is 10.6. The number of carbonyl (C=O) groups is 1. The Morgan fingerprint density at radius 1 is 1.31 bits per heavy atom. The Morgan fingerprint density at radius 2 is 1.81 bits per heavy atom. The molecule has 0 bridgehead atoms. The molecule has 1 amide bonds. The highest BCUT2D eigenvalue weighted by molar-refractivity contribution is 5.69. The molecule has 4 nitrogen and oxygen atoms in total. The first-order chi connectivity index (χ1) is 7.15. The lowest BCUT2D eigenvalue weighted by Gasteiger charge is -2.44. The zero-order chi connectivity index (χ0) is 12.6. The Kier molecular flexibility index (Phi) is 3.18. The monoisotopic (exact) mass is 224 g/mol. The molecule has 0 saturated carbocycles. The van der Waals surface area contributed by atoms with Crippen molar-refractivity contribution >= 4 is 6.09 Å². The van der Waals surface area contributed by atoms with Crippen molar-refractivity contribution < 1.29 is 9.53 Å². The normalized spacial score (nSPS) is 17.6. The number of hydrogen-bond acceptors (Lipinski definition) is 3. The van der Waals surface area contributed by atoms with Gasteiger partial charge in [0.1, 0.15) is 5.60 Å². The number of rotatable bonds is 1. The van der Waals surface area contributed by atoms with Crippen molar-refractivity contribution in [2.75, 3.05) is 13.1 Å². The third kappa shape index (κ3) is 2.88. The van der Waals surface area contributed by atoms with Crippen LogP contribution in [0.5, 0.6) is 0 Å². The fourth-order valence-corrected chi connectivity index (χ4v) is 1.50. The van der Waals surface area contributed by atoms with E-state index >= 15 is 0 Å². The van der Waals surface area contributed by atoms with Crippen LogP contribution in [0, 0.1) is 22.7 Å². The molecule has 16 heavy (non-hydrogen) atoms. The zero-order valence-electron chi connectivity index (χ0n) is 10.7. The lowest BCUT2D eigenvalue weighted by atomic mass is 9.76. The van der Waals surface area contributed by atoms with Gasteiger partial charge >= 0.3 is 6.09 Å². The van der Waals surface area contributed by atoms with E-state index in [0.717, 1.165) is 0 Å². The van der Waals surface area contributed by atoms with Crippen molar-refractivity contribution in [1.29, 1.82) is 5.26 Å². The second-order valence-corrected chi connectivity index (χ2v) is 5.92. The second kappa shape index (κ2) is 3.97. The average Bonchev–Trinajstić information content (AvgIpc) is 1.96. The molecule has 1 fully saturated rings. The number of likely N-dealkylation sites (tertiary alicyclic amines) is 1. The molecule has 0 N–H and O–H groups in total. The van der Waals surface area contributed by atoms with Crippen molar-refractivity contribution in [2.24, 2.45) is 11.3 Å². The van der Waals surface area contributed by atoms with Crippen LogP contribution >= 0.6 is 0 Å². The van der Waals surface area contributed by atoms with E-state index in [1.54, 1.807) is 4.90 Å². The summed E-state index contributed by atoms with van der Waals surface area (Å²) in [6, 6.07) is 2.27. The quantitative estimate of drug-likeness (QED) is 0.687. The predicted molar refractivity (Wildman–Crippen MR) is 60.7 cm³/mol. The van der Waals surface area contributed by atoms with Crippen LogP contribution in [0.3, 0.4) is 0 Å². The Morgan fingerprint density at radius 3 is 2.19 bits per heavy atom. The number of nitriles is 1. The highest BCUT2D eigenvalue weighted by Crippen LogP contribution is 2.34. The fraction of sp³-hybridized carbons (Fsp3) is 0.833. The first kappa shape index (κ1) is 12.8. The number of nitrogens with zero attached hydrogens (tertiary/aromatic N) is 2. The van der Waals surface area contributed by atoms with Gasteiger partial charge in [-0.25, -0.2) is 4.79 Å². The van der Waals surface area contributed by atoms with Crippen LogP contribution in [-0.4, -0.2) is 29.7 Å². The molecule has 1 rings (SSSR count). The topological polar surface area (TPSA) is 53.3 Å². The molecular formula is C12H20N2O2. The van der Waals surface area contributed by atoms with Gasteiger partial charge < -0.3 is 9.64 Å². The van der Waals surface area contributed by atoms with E-state index in [-0.39, 0.29) is 17.4 Å². The molecule has 0 aromatic heterocycles. The van der Waals surface area contributed by atoms with Gasteiger partial charge in [0.05, 0.1) is 11.5 Å². The minimum Gasteiger partial charge on any atom is -0.444 e. The van der Waals surface area contributed by atoms with Gasteiger partial charge in [0.25, 0.3) is 0 Å². The van der Waals surface area contributed by atoms with Gasteiger partial charge in [-0.2, -0.15) is 5.26 Å². The van der Waals surface area contributed by atoms with Crippen LogP contribution < -0.4 is 0 Å². The SMILES string of the molecule is CC(C)(C)OC(=O)N1CC(C(C)(C)C#N)C1. The van der Waals surface area contributed by atoms with E-state index < -0.39 is 5.60 Å². The molecule has 0 radical (unpaired) electrons. The van der Waals surface area contributed by atoms with Crippen LogP contribution in [0.25, 0.3) is 0 Å². The molecule has 1 saturated heterocycles. The van der Waals surface area contributed by atoms with Crippen molar-refractivity contribution in [1.82, 2.24) is 4.90 Å². The zero-order valence-corrected chi connectivity index (χ0v) is 10.7. The van der Waals surface area contributed by atoms with Gasteiger partial charge in [-0.3, -0.25) is 0 Å². The summed E-state index contributed by atoms with van der Waals surface area (Å²) >= 11 is 0. The minimum atomic E-state index is -0.451. The van der Waals surface area contributed by atoms with Gasteiger partial charge in [0.2, 0.25) is 0 Å². The van der Waals surface area contributed by atoms with Crippen LogP contribution in [0.15, 0.2) is 0 Å². The Balaban J connectivity index is 2.43. The van der Waals surface area contributed by atoms with Crippen molar-refractivity contribution in [2.45, 2.75) is 40.2 Å². The largest absolute Gasteiger partial charge is 0.444 e. The first-order valence-electron chi connectivity index (χ1n) is 5.55. The van der Waals surface area contributed by atoms with E-state index in [1.165, 1.54) is 0 Å². The maximum Gasteiger partial charge on any atom is 0.410 e. The number of ether oxygens (including phenoxy) is 1. The van der Waals surface area contributed by atoms with Gasteiger partial charge in [-0.15, -0.1) is 0 Å². The Bertz CT molecular complexity index is 317. The third-order valence-corrected chi connectivity index (χ3v) is 2.84. The van der Waals surface area contributed by atoms with E-state index in [1.807, 2.05) is 34.6 Å². The summed E-state index contributed by atoms with van der Waals surface area (Å²) in [5.41, 5.74) is -0.814. The van der Waals surface area contributed by atoms with Gasteiger partial charge in [0.15, 0.2) is 0 Å². The molecule has 0 aromatic carbocycles. The van der Waals surface area contributed by atoms with E-state index in [9.17, 15) is 4.79 Å². The maximum absolute atomic E-state index is 11.6. The third-order valence-electron chi connectivity index (χ3n) is 2.84. The average molecular weight is 224 g/mol. The number of amides is 1. The van der Waals surface area contributed by atoms with Crippen molar-refractivity contribution in [3.05, 3.63) is 0 Å². The molecule has 1 aliphatic rings. The number of hydrogen-bond donors (Lipinski definition) is 0. The second-order valence-electron chi connectivity index (χ2n) is 5.92. The summed E-state index contributed by atoms with van der Waals surface area (Å²) in [4.78, 5) is 13.3.